The number of nitrogens with one attached hydrogen (secondary N) is 8. The Morgan fingerprint density at radius 1 is 0.398 bits per heavy atom. The van der Waals surface area contributed by atoms with E-state index in [0.29, 0.717) is 64.7 Å². The van der Waals surface area contributed by atoms with Gasteiger partial charge in [0.15, 0.2) is 0 Å². The number of carbonyl (C=O) groups is 8. The summed E-state index contributed by atoms with van der Waals surface area (Å²) in [6.07, 6.45) is 14.0. The van der Waals surface area contributed by atoms with Crippen LogP contribution in [0.25, 0.3) is 0 Å². The second-order valence-corrected chi connectivity index (χ2v) is 24.7. The van der Waals surface area contributed by atoms with Crippen LogP contribution in [0.2, 0.25) is 0 Å². The number of hydrogen-bond acceptors (Lipinski definition) is 10. The van der Waals surface area contributed by atoms with Gasteiger partial charge in [0.2, 0.25) is 47.3 Å². The van der Waals surface area contributed by atoms with E-state index in [1.165, 1.54) is 0 Å². The zero-order valence-electron chi connectivity index (χ0n) is 52.2. The molecule has 0 spiro atoms. The number of hydrogen-bond donors (Lipinski definition) is 8. The summed E-state index contributed by atoms with van der Waals surface area (Å²) in [7, 11) is 3.41. The predicted octanol–water partition coefficient (Wildman–Crippen LogP) is 6.74. The molecule has 0 bridgehead atoms. The first-order valence-corrected chi connectivity index (χ1v) is 32.7. The Labute approximate surface area is 521 Å². The van der Waals surface area contributed by atoms with Crippen molar-refractivity contribution in [3.8, 4) is 0 Å². The number of rotatable bonds is 29. The Kier molecular flexibility index (Phi) is 25.5. The van der Waals surface area contributed by atoms with Crippen LogP contribution in [0.3, 0.4) is 0 Å². The molecule has 2 aliphatic carbocycles. The van der Waals surface area contributed by atoms with Crippen LogP contribution >= 0.6 is 0 Å². The summed E-state index contributed by atoms with van der Waals surface area (Å²) in [5.41, 5.74) is 3.36. The molecule has 88 heavy (non-hydrogen) atoms. The third-order valence-corrected chi connectivity index (χ3v) is 18.9. The quantitative estimate of drug-likeness (QED) is 0.0267. The van der Waals surface area contributed by atoms with Crippen LogP contribution in [0.15, 0.2) is 121 Å². The first-order valence-electron chi connectivity index (χ1n) is 32.7. The highest BCUT2D eigenvalue weighted by Crippen LogP contribution is 2.34. The van der Waals surface area contributed by atoms with Crippen LogP contribution in [0, 0.1) is 11.8 Å². The van der Waals surface area contributed by atoms with E-state index in [1.807, 2.05) is 121 Å². The van der Waals surface area contributed by atoms with E-state index < -0.39 is 72.0 Å². The summed E-state index contributed by atoms with van der Waals surface area (Å²) in [5.74, 6) is -3.84. The molecule has 4 fully saturated rings. The third kappa shape index (κ3) is 17.7. The number of likely N-dealkylation sites (N-methyl/N-ethyl adjacent to an activating group) is 2. The van der Waals surface area contributed by atoms with Crippen molar-refractivity contribution in [3.63, 3.8) is 0 Å². The summed E-state index contributed by atoms with van der Waals surface area (Å²) >= 11 is 0. The summed E-state index contributed by atoms with van der Waals surface area (Å²) in [6.45, 7) is 4.88. The number of likely N-dealkylation sites (tertiary alicyclic amines) is 2. The van der Waals surface area contributed by atoms with Gasteiger partial charge in [0.05, 0.1) is 12.1 Å². The van der Waals surface area contributed by atoms with E-state index in [-0.39, 0.29) is 47.3 Å². The van der Waals surface area contributed by atoms with E-state index in [1.54, 1.807) is 37.7 Å². The fourth-order valence-corrected chi connectivity index (χ4v) is 13.6. The topological polar surface area (TPSA) is 239 Å². The van der Waals surface area contributed by atoms with Crippen molar-refractivity contribution >= 4 is 47.3 Å². The first-order chi connectivity index (χ1) is 42.8. The molecule has 18 heteroatoms. The Morgan fingerprint density at radius 3 is 1.02 bits per heavy atom. The lowest BCUT2D eigenvalue weighted by Gasteiger charge is -2.36. The molecule has 4 aliphatic rings. The highest BCUT2D eigenvalue weighted by atomic mass is 16.2. The molecule has 4 aromatic carbocycles. The highest BCUT2D eigenvalue weighted by molar-refractivity contribution is 5.97. The summed E-state index contributed by atoms with van der Waals surface area (Å²) in [6, 6.07) is 32.3. The fourth-order valence-electron chi connectivity index (χ4n) is 13.6. The van der Waals surface area contributed by atoms with E-state index in [9.17, 15) is 38.4 Å². The Hall–Kier alpha value is -7.44. The van der Waals surface area contributed by atoms with Gasteiger partial charge in [0, 0.05) is 38.0 Å². The summed E-state index contributed by atoms with van der Waals surface area (Å²) in [5, 5.41) is 24.7. The van der Waals surface area contributed by atoms with Gasteiger partial charge in [-0.2, -0.15) is 0 Å². The molecule has 8 N–H and O–H groups in total. The van der Waals surface area contributed by atoms with E-state index in [0.717, 1.165) is 99.3 Å². The molecule has 0 aromatic heterocycles. The molecule has 8 rings (SSSR count). The molecule has 0 radical (unpaired) electrons. The molecule has 2 saturated carbocycles. The Balaban J connectivity index is 0.921. The number of unbranched alkanes of at least 4 members (excludes halogenated alkanes) is 3. The minimum absolute atomic E-state index is 0.0457. The minimum atomic E-state index is -1.05. The number of nitrogens with zero attached hydrogens (tertiary/aromatic N) is 2. The predicted molar refractivity (Wildman–Crippen MR) is 341 cm³/mol. The normalized spacial score (nSPS) is 19.4. The second-order valence-electron chi connectivity index (χ2n) is 24.7. The van der Waals surface area contributed by atoms with Crippen molar-refractivity contribution in [2.75, 3.05) is 40.3 Å². The maximum Gasteiger partial charge on any atom is 0.246 e. The van der Waals surface area contributed by atoms with Gasteiger partial charge in [0.1, 0.15) is 36.3 Å². The van der Waals surface area contributed by atoms with Crippen molar-refractivity contribution in [2.24, 2.45) is 11.8 Å². The SMILES string of the molecule is CN[C@H](C)C(=O)N[C@@H](C(=O)N1CCC[C@@H]1C(=O)N[C@@H](C(=O)NCCCCCCNC(=O)[C@H](NC(=O)[C@H]1CCCN1C(=O)[C@H](NC(=O)[C@@H](C)NC)C1CCCCC1)C(c1ccccc1)c1ccccc1)C(c1ccccc1)c1ccccc1)C1CCCCC1. The van der Waals surface area contributed by atoms with E-state index in [4.69, 9.17) is 0 Å². The standard InChI is InChI=1S/C70H96N10O8/c1-47(71-3)63(81)75-59(53-37-21-11-22-38-53)69(87)79-45-27-41-55(79)65(83)77-61(57(49-29-13-7-14-30-49)50-31-15-8-16-32-50)67(85)73-43-25-5-6-26-44-74-68(86)62(58(51-33-17-9-18-34-51)52-35-19-10-20-36-52)78-66(84)56-42-28-46-80(56)70(88)60(54-39-23-12-24-40-54)76-64(82)48(2)72-4/h7-10,13-20,29-36,47-48,53-62,71-72H,5-6,11-12,21-28,37-46H2,1-4H3,(H,73,85)(H,74,86)(H,75,81)(H,76,82)(H,77,83)(H,78,84)/t47-,48-,55-,56-,59-,60-,61-,62-/m1/s1. The van der Waals surface area contributed by atoms with Crippen molar-refractivity contribution in [1.82, 2.24) is 52.3 Å². The Morgan fingerprint density at radius 2 is 0.716 bits per heavy atom. The van der Waals surface area contributed by atoms with Gasteiger partial charge < -0.3 is 52.3 Å². The molecule has 0 unspecified atom stereocenters. The number of carbonyl (C=O) groups excluding carboxylic acids is 8. The molecule has 8 amide bonds. The van der Waals surface area contributed by atoms with Gasteiger partial charge >= 0.3 is 0 Å². The van der Waals surface area contributed by atoms with Gasteiger partial charge in [-0.3, -0.25) is 38.4 Å². The summed E-state index contributed by atoms with van der Waals surface area (Å²) < 4.78 is 0. The van der Waals surface area contributed by atoms with E-state index >= 15 is 0 Å². The maximum absolute atomic E-state index is 14.8. The molecule has 2 aliphatic heterocycles. The van der Waals surface area contributed by atoms with Crippen molar-refractivity contribution < 1.29 is 38.4 Å². The largest absolute Gasteiger partial charge is 0.354 e. The van der Waals surface area contributed by atoms with Gasteiger partial charge in [-0.05, 0) is 126 Å². The lowest BCUT2D eigenvalue weighted by atomic mass is 9.83. The Bertz CT molecular complexity index is 2620. The van der Waals surface area contributed by atoms with Crippen LogP contribution in [-0.4, -0.2) is 146 Å². The first kappa shape index (κ1) is 66.5. The van der Waals surface area contributed by atoms with Crippen LogP contribution in [0.4, 0.5) is 0 Å². The van der Waals surface area contributed by atoms with Crippen molar-refractivity contribution in [2.45, 2.75) is 190 Å². The lowest BCUT2D eigenvalue weighted by Crippen LogP contribution is -2.59. The maximum atomic E-state index is 14.8. The molecular weight excluding hydrogens is 1110 g/mol. The van der Waals surface area contributed by atoms with Crippen LogP contribution in [0.5, 0.6) is 0 Å². The monoisotopic (exact) mass is 1200 g/mol. The second kappa shape index (κ2) is 33.8. The minimum Gasteiger partial charge on any atom is -0.354 e. The fraction of sp³-hybridized carbons (Fsp3) is 0.543. The van der Waals surface area contributed by atoms with Gasteiger partial charge in [-0.25, -0.2) is 0 Å². The number of amides is 8. The van der Waals surface area contributed by atoms with E-state index in [2.05, 4.69) is 42.5 Å². The van der Waals surface area contributed by atoms with Gasteiger partial charge in [0.25, 0.3) is 0 Å². The van der Waals surface area contributed by atoms with Gasteiger partial charge in [-0.15, -0.1) is 0 Å². The van der Waals surface area contributed by atoms with Crippen LogP contribution in [-0.2, 0) is 38.4 Å². The molecular formula is C70H96N10O8. The molecule has 18 nitrogen and oxygen atoms in total. The smallest absolute Gasteiger partial charge is 0.246 e. The highest BCUT2D eigenvalue weighted by Gasteiger charge is 2.45. The molecule has 2 heterocycles. The summed E-state index contributed by atoms with van der Waals surface area (Å²) in [4.78, 5) is 118. The van der Waals surface area contributed by atoms with Gasteiger partial charge in [-0.1, -0.05) is 173 Å². The average molecular weight is 1210 g/mol. The molecule has 2 saturated heterocycles. The van der Waals surface area contributed by atoms with Crippen molar-refractivity contribution in [1.29, 1.82) is 0 Å². The third-order valence-electron chi connectivity index (χ3n) is 18.9. The average Bonchev–Trinajstić information content (AvgIpc) is 4.40. The zero-order chi connectivity index (χ0) is 62.4. The zero-order valence-corrected chi connectivity index (χ0v) is 52.2. The molecule has 8 atom stereocenters. The lowest BCUT2D eigenvalue weighted by molar-refractivity contribution is -0.143. The van der Waals surface area contributed by atoms with Crippen LogP contribution < -0.4 is 42.5 Å². The molecule has 4 aromatic rings. The van der Waals surface area contributed by atoms with Crippen molar-refractivity contribution in [3.05, 3.63) is 144 Å². The van der Waals surface area contributed by atoms with Crippen LogP contribution in [0.1, 0.15) is 164 Å². The number of benzene rings is 4. The molecule has 474 valence electrons.